The van der Waals surface area contributed by atoms with Crippen LogP contribution in [0.3, 0.4) is 0 Å². The lowest BCUT2D eigenvalue weighted by Crippen LogP contribution is -2.19. The van der Waals surface area contributed by atoms with Crippen molar-refractivity contribution in [2.75, 3.05) is 6.61 Å². The van der Waals surface area contributed by atoms with Crippen LogP contribution in [0.2, 0.25) is 0 Å². The Balaban J connectivity index is 1.81. The number of nitrogens with zero attached hydrogens (tertiary/aromatic N) is 2. The summed E-state index contributed by atoms with van der Waals surface area (Å²) >= 11 is 2.86. The summed E-state index contributed by atoms with van der Waals surface area (Å²) in [6, 6.07) is 9.93. The maximum absolute atomic E-state index is 12.2. The monoisotopic (exact) mass is 387 g/mol. The Kier molecular flexibility index (Phi) is 5.85. The number of benzene rings is 1. The van der Waals surface area contributed by atoms with Crippen LogP contribution < -0.4 is 5.69 Å². The average molecular weight is 387 g/mol. The van der Waals surface area contributed by atoms with Gasteiger partial charge in [0.05, 0.1) is 12.3 Å². The Bertz CT molecular complexity index is 967. The highest BCUT2D eigenvalue weighted by molar-refractivity contribution is 7.98. The predicted molar refractivity (Wildman–Crippen MR) is 103 cm³/mol. The van der Waals surface area contributed by atoms with Gasteiger partial charge in [-0.3, -0.25) is 0 Å². The van der Waals surface area contributed by atoms with Gasteiger partial charge in [-0.25, -0.2) is 14.6 Å². The van der Waals surface area contributed by atoms with Gasteiger partial charge in [0.2, 0.25) is 0 Å². The average Bonchev–Trinajstić information content (AvgIpc) is 3.09. The van der Waals surface area contributed by atoms with Crippen molar-refractivity contribution in [2.45, 2.75) is 24.6 Å². The third-order valence-corrected chi connectivity index (χ3v) is 5.44. The molecule has 3 aromatic rings. The summed E-state index contributed by atoms with van der Waals surface area (Å²) in [5, 5.41) is 3.26. The van der Waals surface area contributed by atoms with E-state index in [1.165, 1.54) is 11.8 Å². The molecule has 0 saturated heterocycles. The molecule has 2 aromatic heterocycles. The fourth-order valence-corrected chi connectivity index (χ4v) is 4.23. The Morgan fingerprint density at radius 3 is 2.77 bits per heavy atom. The van der Waals surface area contributed by atoms with Gasteiger partial charge >= 0.3 is 11.7 Å². The van der Waals surface area contributed by atoms with Crippen molar-refractivity contribution < 1.29 is 9.53 Å². The number of nitrogens with one attached hydrogen (secondary N) is 1. The predicted octanol–water partition coefficient (Wildman–Crippen LogP) is 3.67. The highest BCUT2D eigenvalue weighted by Crippen LogP contribution is 2.29. The molecule has 3 rings (SSSR count). The van der Waals surface area contributed by atoms with Crippen LogP contribution in [-0.2, 0) is 10.5 Å². The molecule has 0 spiro atoms. The molecule has 0 unspecified atom stereocenters. The summed E-state index contributed by atoms with van der Waals surface area (Å²) < 4.78 is 5.08. The molecule has 0 radical (unpaired) electrons. The number of aromatic nitrogens is 3. The molecule has 8 heteroatoms. The maximum Gasteiger partial charge on any atom is 0.346 e. The van der Waals surface area contributed by atoms with Crippen molar-refractivity contribution in [2.24, 2.45) is 0 Å². The lowest BCUT2D eigenvalue weighted by atomic mass is 10.2. The second-order valence-corrected chi connectivity index (χ2v) is 7.19. The third-order valence-electron chi connectivity index (χ3n) is 3.50. The molecule has 0 atom stereocenters. The first-order chi connectivity index (χ1) is 12.6. The zero-order valence-electron chi connectivity index (χ0n) is 14.3. The second kappa shape index (κ2) is 8.29. The van der Waals surface area contributed by atoms with Crippen LogP contribution in [0, 0.1) is 6.92 Å². The van der Waals surface area contributed by atoms with Gasteiger partial charge in [-0.15, -0.1) is 11.3 Å². The smallest absolute Gasteiger partial charge is 0.346 e. The molecule has 0 aliphatic rings. The van der Waals surface area contributed by atoms with Crippen LogP contribution in [0.25, 0.3) is 10.6 Å². The van der Waals surface area contributed by atoms with Crippen LogP contribution in [0.5, 0.6) is 0 Å². The molecule has 0 saturated carbocycles. The molecular formula is C18H17N3O3S2. The first kappa shape index (κ1) is 18.3. The van der Waals surface area contributed by atoms with Gasteiger partial charge in [0.1, 0.15) is 15.6 Å². The number of ether oxygens (including phenoxy) is 1. The van der Waals surface area contributed by atoms with Crippen molar-refractivity contribution in [3.8, 4) is 10.6 Å². The van der Waals surface area contributed by atoms with Crippen molar-refractivity contribution in [1.82, 2.24) is 15.0 Å². The number of hydrogen-bond donors (Lipinski definition) is 1. The van der Waals surface area contributed by atoms with Crippen molar-refractivity contribution >= 4 is 29.1 Å². The summed E-state index contributed by atoms with van der Waals surface area (Å²) in [6.45, 7) is 3.66. The van der Waals surface area contributed by atoms with Crippen molar-refractivity contribution in [1.29, 1.82) is 0 Å². The minimum absolute atomic E-state index is 0.258. The van der Waals surface area contributed by atoms with Crippen LogP contribution in [0.4, 0.5) is 0 Å². The molecule has 0 amide bonds. The Morgan fingerprint density at radius 2 is 2.04 bits per heavy atom. The molecule has 0 fully saturated rings. The van der Waals surface area contributed by atoms with E-state index in [4.69, 9.17) is 4.74 Å². The van der Waals surface area contributed by atoms with E-state index in [-0.39, 0.29) is 6.61 Å². The van der Waals surface area contributed by atoms with E-state index in [0.29, 0.717) is 22.0 Å². The number of rotatable bonds is 6. The zero-order valence-corrected chi connectivity index (χ0v) is 15.9. The van der Waals surface area contributed by atoms with E-state index < -0.39 is 11.7 Å². The number of thiazole rings is 1. The Morgan fingerprint density at radius 1 is 1.27 bits per heavy atom. The number of thioether (sulfide) groups is 1. The van der Waals surface area contributed by atoms with Gasteiger partial charge in [0, 0.05) is 22.4 Å². The first-order valence-electron chi connectivity index (χ1n) is 7.99. The van der Waals surface area contributed by atoms with E-state index in [1.807, 2.05) is 35.7 Å². The summed E-state index contributed by atoms with van der Waals surface area (Å²) in [5.74, 6) is 0.0190. The summed E-state index contributed by atoms with van der Waals surface area (Å²) in [6.07, 6.45) is 0. The normalized spacial score (nSPS) is 10.7. The Labute approximate surface area is 158 Å². The van der Waals surface area contributed by atoms with Crippen LogP contribution in [0.15, 0.2) is 45.5 Å². The summed E-state index contributed by atoms with van der Waals surface area (Å²) in [5.41, 5.74) is 2.20. The first-order valence-corrected chi connectivity index (χ1v) is 9.85. The van der Waals surface area contributed by atoms with E-state index in [0.717, 1.165) is 16.3 Å². The summed E-state index contributed by atoms with van der Waals surface area (Å²) in [4.78, 5) is 35.0. The minimum Gasteiger partial charge on any atom is -0.462 e. The van der Waals surface area contributed by atoms with Crippen LogP contribution in [-0.4, -0.2) is 27.5 Å². The molecule has 1 aromatic carbocycles. The number of aromatic amines is 1. The van der Waals surface area contributed by atoms with Crippen molar-refractivity contribution in [3.05, 3.63) is 63.1 Å². The SMILES string of the molecule is CCOC(=O)c1c(SCc2csc(-c3ccccc3)n2)nc(=O)[nH]c1C. The van der Waals surface area contributed by atoms with Gasteiger partial charge in [-0.2, -0.15) is 4.98 Å². The van der Waals surface area contributed by atoms with E-state index in [1.54, 1.807) is 25.2 Å². The number of esters is 1. The minimum atomic E-state index is -0.487. The molecule has 0 bridgehead atoms. The zero-order chi connectivity index (χ0) is 18.5. The number of carbonyl (C=O) groups is 1. The molecule has 134 valence electrons. The van der Waals surface area contributed by atoms with E-state index in [9.17, 15) is 9.59 Å². The molecule has 2 heterocycles. The fourth-order valence-electron chi connectivity index (χ4n) is 2.34. The topological polar surface area (TPSA) is 84.9 Å². The quantitative estimate of drug-likeness (QED) is 0.395. The molecule has 1 N–H and O–H groups in total. The van der Waals surface area contributed by atoms with Crippen LogP contribution in [0.1, 0.15) is 28.7 Å². The number of H-pyrrole nitrogens is 1. The van der Waals surface area contributed by atoms with Gasteiger partial charge in [-0.1, -0.05) is 42.1 Å². The standard InChI is InChI=1S/C18H17N3O3S2/c1-3-24-17(22)14-11(2)19-18(23)21-16(14)26-10-13-9-25-15(20-13)12-7-5-4-6-8-12/h4-9H,3,10H2,1-2H3,(H,19,21,23). The Hall–Kier alpha value is -2.45. The van der Waals surface area contributed by atoms with Crippen LogP contribution >= 0.6 is 23.1 Å². The van der Waals surface area contributed by atoms with Gasteiger partial charge in [0.25, 0.3) is 0 Å². The highest BCUT2D eigenvalue weighted by atomic mass is 32.2. The number of carbonyl (C=O) groups excluding carboxylic acids is 1. The van der Waals surface area contributed by atoms with E-state index >= 15 is 0 Å². The lowest BCUT2D eigenvalue weighted by molar-refractivity contribution is 0.0519. The van der Waals surface area contributed by atoms with Gasteiger partial charge in [-0.05, 0) is 13.8 Å². The second-order valence-electron chi connectivity index (χ2n) is 5.37. The fraction of sp³-hybridized carbons (Fsp3) is 0.222. The number of hydrogen-bond acceptors (Lipinski definition) is 7. The molecular weight excluding hydrogens is 370 g/mol. The maximum atomic E-state index is 12.2. The van der Waals surface area contributed by atoms with Gasteiger partial charge in [0.15, 0.2) is 0 Å². The summed E-state index contributed by atoms with van der Waals surface area (Å²) in [7, 11) is 0. The van der Waals surface area contributed by atoms with Crippen molar-refractivity contribution in [3.63, 3.8) is 0 Å². The van der Waals surface area contributed by atoms with Gasteiger partial charge < -0.3 is 9.72 Å². The number of aryl methyl sites for hydroxylation is 1. The lowest BCUT2D eigenvalue weighted by Gasteiger charge is -2.09. The largest absolute Gasteiger partial charge is 0.462 e. The molecule has 26 heavy (non-hydrogen) atoms. The highest BCUT2D eigenvalue weighted by Gasteiger charge is 2.19. The molecule has 0 aliphatic carbocycles. The molecule has 6 nitrogen and oxygen atoms in total. The van der Waals surface area contributed by atoms with E-state index in [2.05, 4.69) is 15.0 Å². The third kappa shape index (κ3) is 4.20. The molecule has 0 aliphatic heterocycles.